The van der Waals surface area contributed by atoms with Gasteiger partial charge in [-0.25, -0.2) is 13.1 Å². The van der Waals surface area contributed by atoms with E-state index in [4.69, 9.17) is 0 Å². The van der Waals surface area contributed by atoms with E-state index in [1.54, 1.807) is 13.0 Å². The molecule has 2 aromatic heterocycles. The fourth-order valence-electron chi connectivity index (χ4n) is 1.68. The van der Waals surface area contributed by atoms with Crippen molar-refractivity contribution >= 4 is 10.0 Å². The van der Waals surface area contributed by atoms with Gasteiger partial charge in [0.05, 0.1) is 12.2 Å². The average Bonchev–Trinajstić information content (AvgIpc) is 3.04. The van der Waals surface area contributed by atoms with Crippen LogP contribution < -0.4 is 10.0 Å². The van der Waals surface area contributed by atoms with Gasteiger partial charge in [-0.05, 0) is 13.5 Å². The lowest BCUT2D eigenvalue weighted by atomic mass is 10.2. The molecule has 0 amide bonds. The standard InChI is InChI=1S/C11H17N5O3S/c1-3-12-7-10-8(2)14-15-11(10)20(17,18)13-6-9-4-5-19-16-9/h4-5,12-13H,3,6-7H2,1-2H3,(H,14,15). The van der Waals surface area contributed by atoms with Crippen LogP contribution in [0.15, 0.2) is 21.9 Å². The first-order valence-corrected chi connectivity index (χ1v) is 7.66. The first-order chi connectivity index (χ1) is 9.54. The van der Waals surface area contributed by atoms with Gasteiger partial charge in [-0.15, -0.1) is 0 Å². The number of hydrogen-bond acceptors (Lipinski definition) is 6. The largest absolute Gasteiger partial charge is 0.364 e. The molecule has 0 unspecified atom stereocenters. The molecule has 0 radical (unpaired) electrons. The van der Waals surface area contributed by atoms with E-state index in [1.807, 2.05) is 6.92 Å². The van der Waals surface area contributed by atoms with E-state index in [0.717, 1.165) is 12.2 Å². The molecule has 0 saturated heterocycles. The molecule has 20 heavy (non-hydrogen) atoms. The average molecular weight is 299 g/mol. The number of rotatable bonds is 7. The third-order valence-electron chi connectivity index (χ3n) is 2.78. The molecule has 0 spiro atoms. The van der Waals surface area contributed by atoms with E-state index in [2.05, 4.69) is 29.9 Å². The monoisotopic (exact) mass is 299 g/mol. The van der Waals surface area contributed by atoms with E-state index >= 15 is 0 Å². The van der Waals surface area contributed by atoms with Gasteiger partial charge in [0, 0.05) is 23.9 Å². The summed E-state index contributed by atoms with van der Waals surface area (Å²) in [7, 11) is -3.69. The molecule has 3 N–H and O–H groups in total. The molecule has 8 nitrogen and oxygen atoms in total. The van der Waals surface area contributed by atoms with E-state index < -0.39 is 10.0 Å². The highest BCUT2D eigenvalue weighted by Crippen LogP contribution is 2.16. The Morgan fingerprint density at radius 2 is 2.20 bits per heavy atom. The van der Waals surface area contributed by atoms with E-state index in [0.29, 0.717) is 17.8 Å². The molecule has 0 atom stereocenters. The predicted octanol–water partition coefficient (Wildman–Crippen LogP) is 0.294. The number of H-pyrrole nitrogens is 1. The molecule has 2 rings (SSSR count). The minimum atomic E-state index is -3.69. The molecule has 2 heterocycles. The maximum absolute atomic E-state index is 12.2. The Morgan fingerprint density at radius 3 is 2.85 bits per heavy atom. The van der Waals surface area contributed by atoms with Crippen LogP contribution in [-0.4, -0.2) is 30.3 Å². The third kappa shape index (κ3) is 3.24. The zero-order chi connectivity index (χ0) is 14.6. The van der Waals surface area contributed by atoms with Gasteiger partial charge in [0.25, 0.3) is 10.0 Å². The van der Waals surface area contributed by atoms with Gasteiger partial charge in [-0.2, -0.15) is 5.10 Å². The number of hydrogen-bond donors (Lipinski definition) is 3. The van der Waals surface area contributed by atoms with E-state index in [1.165, 1.54) is 6.26 Å². The second-order valence-electron chi connectivity index (χ2n) is 4.23. The number of nitrogens with one attached hydrogen (secondary N) is 3. The Morgan fingerprint density at radius 1 is 1.40 bits per heavy atom. The zero-order valence-electron chi connectivity index (χ0n) is 11.3. The van der Waals surface area contributed by atoms with Gasteiger partial charge >= 0.3 is 0 Å². The van der Waals surface area contributed by atoms with Gasteiger partial charge < -0.3 is 9.84 Å². The van der Waals surface area contributed by atoms with Crippen LogP contribution in [-0.2, 0) is 23.1 Å². The fraction of sp³-hybridized carbons (Fsp3) is 0.455. The summed E-state index contributed by atoms with van der Waals surface area (Å²) in [6.45, 7) is 4.99. The highest BCUT2D eigenvalue weighted by molar-refractivity contribution is 7.89. The van der Waals surface area contributed by atoms with E-state index in [-0.39, 0.29) is 11.6 Å². The second-order valence-corrected chi connectivity index (χ2v) is 5.91. The summed E-state index contributed by atoms with van der Waals surface area (Å²) in [5.74, 6) is 0. The first kappa shape index (κ1) is 14.7. The number of aromatic amines is 1. The van der Waals surface area contributed by atoms with Crippen LogP contribution >= 0.6 is 0 Å². The lowest BCUT2D eigenvalue weighted by molar-refractivity contribution is 0.411. The quantitative estimate of drug-likeness (QED) is 0.677. The number of nitrogens with zero attached hydrogens (tertiary/aromatic N) is 2. The topological polar surface area (TPSA) is 113 Å². The SMILES string of the molecule is CCNCc1c(S(=O)(=O)NCc2ccon2)n[nH]c1C. The molecule has 0 aliphatic carbocycles. The van der Waals surface area contributed by atoms with Crippen molar-refractivity contribution in [3.8, 4) is 0 Å². The molecule has 0 fully saturated rings. The number of sulfonamides is 1. The molecule has 0 bridgehead atoms. The second kappa shape index (κ2) is 6.16. The minimum absolute atomic E-state index is 0.0134. The first-order valence-electron chi connectivity index (χ1n) is 6.18. The highest BCUT2D eigenvalue weighted by Gasteiger charge is 2.23. The van der Waals surface area contributed by atoms with Crippen molar-refractivity contribution < 1.29 is 12.9 Å². The highest BCUT2D eigenvalue weighted by atomic mass is 32.2. The third-order valence-corrected chi connectivity index (χ3v) is 4.15. The lowest BCUT2D eigenvalue weighted by Crippen LogP contribution is -2.26. The molecule has 0 aliphatic heterocycles. The predicted molar refractivity (Wildman–Crippen MR) is 71.2 cm³/mol. The fourth-order valence-corrected chi connectivity index (χ4v) is 2.87. The van der Waals surface area contributed by atoms with Crippen LogP contribution in [0.3, 0.4) is 0 Å². The van der Waals surface area contributed by atoms with Crippen molar-refractivity contribution in [1.29, 1.82) is 0 Å². The molecule has 9 heteroatoms. The van der Waals surface area contributed by atoms with Crippen molar-refractivity contribution in [3.05, 3.63) is 29.3 Å². The Labute approximate surface area is 117 Å². The lowest BCUT2D eigenvalue weighted by Gasteiger charge is -2.06. The van der Waals surface area contributed by atoms with Crippen molar-refractivity contribution in [1.82, 2.24) is 25.4 Å². The number of aryl methyl sites for hydroxylation is 1. The van der Waals surface area contributed by atoms with Gasteiger partial charge in [0.2, 0.25) is 0 Å². The summed E-state index contributed by atoms with van der Waals surface area (Å²) in [6, 6.07) is 1.60. The Hall–Kier alpha value is -1.71. The van der Waals surface area contributed by atoms with Crippen molar-refractivity contribution in [2.75, 3.05) is 6.54 Å². The maximum Gasteiger partial charge on any atom is 0.260 e. The van der Waals surface area contributed by atoms with Crippen LogP contribution in [0.2, 0.25) is 0 Å². The van der Waals surface area contributed by atoms with Crippen molar-refractivity contribution in [2.24, 2.45) is 0 Å². The molecule has 110 valence electrons. The summed E-state index contributed by atoms with van der Waals surface area (Å²) >= 11 is 0. The minimum Gasteiger partial charge on any atom is -0.364 e. The summed E-state index contributed by atoms with van der Waals surface area (Å²) in [5, 5.41) is 13.3. The van der Waals surface area contributed by atoms with Crippen LogP contribution in [0.5, 0.6) is 0 Å². The van der Waals surface area contributed by atoms with Crippen molar-refractivity contribution in [2.45, 2.75) is 32.0 Å². The molecule has 0 saturated carbocycles. The molecule has 2 aromatic rings. The van der Waals surface area contributed by atoms with Crippen LogP contribution in [0, 0.1) is 6.92 Å². The Kier molecular flexibility index (Phi) is 4.53. The maximum atomic E-state index is 12.2. The molecular weight excluding hydrogens is 282 g/mol. The van der Waals surface area contributed by atoms with Gasteiger partial charge in [0.15, 0.2) is 5.03 Å². The summed E-state index contributed by atoms with van der Waals surface area (Å²) < 4.78 is 31.6. The Balaban J connectivity index is 2.16. The molecule has 0 aliphatic rings. The Bertz CT molecular complexity index is 648. The van der Waals surface area contributed by atoms with Crippen LogP contribution in [0.4, 0.5) is 0 Å². The molecular formula is C11H17N5O3S. The van der Waals surface area contributed by atoms with Gasteiger partial charge in [-0.1, -0.05) is 12.1 Å². The summed E-state index contributed by atoms with van der Waals surface area (Å²) in [4.78, 5) is 0. The smallest absolute Gasteiger partial charge is 0.260 e. The van der Waals surface area contributed by atoms with Crippen LogP contribution in [0.25, 0.3) is 0 Å². The summed E-state index contributed by atoms with van der Waals surface area (Å²) in [5.41, 5.74) is 1.88. The summed E-state index contributed by atoms with van der Waals surface area (Å²) in [6.07, 6.45) is 1.39. The van der Waals surface area contributed by atoms with Gasteiger partial charge in [-0.3, -0.25) is 5.10 Å². The molecule has 0 aromatic carbocycles. The van der Waals surface area contributed by atoms with Crippen LogP contribution in [0.1, 0.15) is 23.9 Å². The number of aromatic nitrogens is 3. The normalized spacial score (nSPS) is 11.9. The van der Waals surface area contributed by atoms with Crippen molar-refractivity contribution in [3.63, 3.8) is 0 Å². The zero-order valence-corrected chi connectivity index (χ0v) is 12.1. The van der Waals surface area contributed by atoms with Gasteiger partial charge in [0.1, 0.15) is 6.26 Å². The van der Waals surface area contributed by atoms with E-state index in [9.17, 15) is 8.42 Å².